The highest BCUT2D eigenvalue weighted by Gasteiger charge is 2.41. The zero-order chi connectivity index (χ0) is 18.7. The second kappa shape index (κ2) is 8.14. The number of rotatable bonds is 4. The molecule has 146 valence electrons. The van der Waals surface area contributed by atoms with Crippen molar-refractivity contribution in [2.24, 2.45) is 5.92 Å². The highest BCUT2D eigenvalue weighted by Crippen LogP contribution is 2.37. The van der Waals surface area contributed by atoms with Crippen LogP contribution in [0, 0.1) is 5.92 Å². The molecule has 0 aromatic heterocycles. The lowest BCUT2D eigenvalue weighted by Gasteiger charge is -2.31. The van der Waals surface area contributed by atoms with Gasteiger partial charge in [-0.25, -0.2) is 4.79 Å². The number of alkyl halides is 3. The fourth-order valence-corrected chi connectivity index (χ4v) is 3.78. The molecule has 1 aliphatic carbocycles. The predicted molar refractivity (Wildman–Crippen MR) is 90.4 cm³/mol. The Morgan fingerprint density at radius 1 is 1.12 bits per heavy atom. The minimum Gasteiger partial charge on any atom is -0.444 e. The maximum atomic E-state index is 12.7. The molecule has 1 unspecified atom stereocenters. The van der Waals surface area contributed by atoms with Gasteiger partial charge in [0.05, 0.1) is 5.92 Å². The molecule has 2 fully saturated rings. The lowest BCUT2D eigenvalue weighted by molar-refractivity contribution is -0.182. The molecule has 25 heavy (non-hydrogen) atoms. The Bertz CT molecular complexity index is 441. The van der Waals surface area contributed by atoms with E-state index < -0.39 is 17.7 Å². The Hall–Kier alpha value is -0.980. The number of nitrogens with one attached hydrogen (secondary N) is 1. The van der Waals surface area contributed by atoms with Crippen LogP contribution < -0.4 is 5.32 Å². The molecule has 0 aromatic rings. The number of carbonyl (C=O) groups is 1. The van der Waals surface area contributed by atoms with Gasteiger partial charge >= 0.3 is 12.3 Å². The maximum Gasteiger partial charge on any atom is 0.410 e. The van der Waals surface area contributed by atoms with E-state index in [1.807, 2.05) is 20.8 Å². The summed E-state index contributed by atoms with van der Waals surface area (Å²) in [7, 11) is 0. The van der Waals surface area contributed by atoms with Crippen LogP contribution >= 0.6 is 0 Å². The largest absolute Gasteiger partial charge is 0.444 e. The quantitative estimate of drug-likeness (QED) is 0.799. The van der Waals surface area contributed by atoms with Crippen LogP contribution in [0.15, 0.2) is 0 Å². The third-order valence-electron chi connectivity index (χ3n) is 5.11. The summed E-state index contributed by atoms with van der Waals surface area (Å²) in [4.78, 5) is 14.0. The van der Waals surface area contributed by atoms with E-state index in [0.29, 0.717) is 12.8 Å². The topological polar surface area (TPSA) is 41.6 Å². The van der Waals surface area contributed by atoms with E-state index in [1.54, 1.807) is 4.90 Å². The third kappa shape index (κ3) is 6.35. The van der Waals surface area contributed by atoms with Gasteiger partial charge in [-0.1, -0.05) is 0 Å². The molecule has 0 spiro atoms. The molecule has 0 aromatic carbocycles. The van der Waals surface area contributed by atoms with Gasteiger partial charge < -0.3 is 15.0 Å². The minimum atomic E-state index is -4.05. The summed E-state index contributed by atoms with van der Waals surface area (Å²) in [5.41, 5.74) is -0.500. The molecule has 1 saturated carbocycles. The Morgan fingerprint density at radius 3 is 2.32 bits per heavy atom. The molecule has 1 aliphatic heterocycles. The van der Waals surface area contributed by atoms with E-state index in [0.717, 1.165) is 32.4 Å². The van der Waals surface area contributed by atoms with Crippen molar-refractivity contribution in [3.63, 3.8) is 0 Å². The van der Waals surface area contributed by atoms with Crippen molar-refractivity contribution in [2.75, 3.05) is 13.1 Å². The minimum absolute atomic E-state index is 0.161. The van der Waals surface area contributed by atoms with Crippen molar-refractivity contribution in [1.82, 2.24) is 10.2 Å². The molecule has 0 radical (unpaired) electrons. The third-order valence-corrected chi connectivity index (χ3v) is 5.11. The van der Waals surface area contributed by atoms with E-state index in [4.69, 9.17) is 4.74 Å². The molecular formula is C18H31F3N2O2. The average molecular weight is 364 g/mol. The number of nitrogens with zero attached hydrogens (tertiary/aromatic N) is 1. The van der Waals surface area contributed by atoms with E-state index in [1.165, 1.54) is 0 Å². The number of ether oxygens (including phenoxy) is 1. The fourth-order valence-electron chi connectivity index (χ4n) is 3.78. The summed E-state index contributed by atoms with van der Waals surface area (Å²) in [6, 6.07) is 0.323. The van der Waals surface area contributed by atoms with Crippen LogP contribution in [0.2, 0.25) is 0 Å². The molecular weight excluding hydrogens is 333 g/mol. The number of hydrogen-bond donors (Lipinski definition) is 1. The summed E-state index contributed by atoms with van der Waals surface area (Å²) in [6.07, 6.45) is 0.0165. The molecule has 2 rings (SSSR count). The van der Waals surface area contributed by atoms with Crippen molar-refractivity contribution in [1.29, 1.82) is 0 Å². The van der Waals surface area contributed by atoms with Crippen molar-refractivity contribution in [3.05, 3.63) is 0 Å². The van der Waals surface area contributed by atoms with Crippen LogP contribution in [0.1, 0.15) is 65.7 Å². The molecule has 0 bridgehead atoms. The van der Waals surface area contributed by atoms with Gasteiger partial charge in [0.1, 0.15) is 5.60 Å². The highest BCUT2D eigenvalue weighted by atomic mass is 19.4. The molecule has 1 saturated heterocycles. The van der Waals surface area contributed by atoms with Gasteiger partial charge in [0.15, 0.2) is 0 Å². The van der Waals surface area contributed by atoms with Crippen LogP contribution in [-0.4, -0.2) is 47.9 Å². The number of hydrogen-bond acceptors (Lipinski definition) is 3. The van der Waals surface area contributed by atoms with Gasteiger partial charge in [0, 0.05) is 18.6 Å². The van der Waals surface area contributed by atoms with Crippen molar-refractivity contribution in [3.8, 4) is 0 Å². The van der Waals surface area contributed by atoms with Crippen LogP contribution in [0.25, 0.3) is 0 Å². The van der Waals surface area contributed by atoms with Crippen molar-refractivity contribution < 1.29 is 22.7 Å². The zero-order valence-electron chi connectivity index (χ0n) is 15.5. The molecule has 2 aliphatic rings. The monoisotopic (exact) mass is 364 g/mol. The maximum absolute atomic E-state index is 12.7. The first-order valence-electron chi connectivity index (χ1n) is 9.36. The van der Waals surface area contributed by atoms with Gasteiger partial charge in [-0.05, 0) is 72.3 Å². The van der Waals surface area contributed by atoms with Gasteiger partial charge in [0.2, 0.25) is 0 Å². The van der Waals surface area contributed by atoms with Gasteiger partial charge in [-0.15, -0.1) is 0 Å². The second-order valence-electron chi connectivity index (χ2n) is 8.30. The molecule has 1 atom stereocenters. The summed E-state index contributed by atoms with van der Waals surface area (Å²) in [6.45, 7) is 7.01. The number of halogens is 3. The normalized spacial score (nSPS) is 28.2. The van der Waals surface area contributed by atoms with Gasteiger partial charge in [-0.3, -0.25) is 0 Å². The number of amides is 1. The van der Waals surface area contributed by atoms with E-state index in [9.17, 15) is 18.0 Å². The Balaban J connectivity index is 1.70. The first kappa shape index (κ1) is 20.3. The lowest BCUT2D eigenvalue weighted by Crippen LogP contribution is -2.42. The van der Waals surface area contributed by atoms with Crippen LogP contribution in [0.3, 0.4) is 0 Å². The van der Waals surface area contributed by atoms with Crippen LogP contribution in [0.4, 0.5) is 18.0 Å². The lowest BCUT2D eigenvalue weighted by atomic mass is 9.85. The van der Waals surface area contributed by atoms with E-state index in [2.05, 4.69) is 5.32 Å². The van der Waals surface area contributed by atoms with Crippen molar-refractivity contribution in [2.45, 2.75) is 89.6 Å². The second-order valence-corrected chi connectivity index (χ2v) is 8.30. The fraction of sp³-hybridized carbons (Fsp3) is 0.944. The average Bonchev–Trinajstić information content (AvgIpc) is 2.94. The first-order chi connectivity index (χ1) is 11.6. The molecule has 1 heterocycles. The predicted octanol–water partition coefficient (Wildman–Crippen LogP) is 4.49. The van der Waals surface area contributed by atoms with Crippen molar-refractivity contribution >= 4 is 6.09 Å². The van der Waals surface area contributed by atoms with E-state index in [-0.39, 0.29) is 31.0 Å². The molecule has 7 heteroatoms. The Kier molecular flexibility index (Phi) is 6.62. The van der Waals surface area contributed by atoms with Crippen LogP contribution in [-0.2, 0) is 4.74 Å². The van der Waals surface area contributed by atoms with Gasteiger partial charge in [-0.2, -0.15) is 13.2 Å². The molecule has 1 N–H and O–H groups in total. The summed E-state index contributed by atoms with van der Waals surface area (Å²) in [5, 5.41) is 3.38. The summed E-state index contributed by atoms with van der Waals surface area (Å²) in [5.74, 6) is -1.14. The SMILES string of the molecule is CC(C)(C)OC(=O)N1CCCC1CCNC1CCC(C(F)(F)F)CC1. The molecule has 4 nitrogen and oxygen atoms in total. The Morgan fingerprint density at radius 2 is 1.76 bits per heavy atom. The van der Waals surface area contributed by atoms with Gasteiger partial charge in [0.25, 0.3) is 0 Å². The summed E-state index contributed by atoms with van der Waals surface area (Å²) >= 11 is 0. The smallest absolute Gasteiger partial charge is 0.410 e. The van der Waals surface area contributed by atoms with E-state index >= 15 is 0 Å². The zero-order valence-corrected chi connectivity index (χ0v) is 15.5. The molecule has 1 amide bonds. The standard InChI is InChI=1S/C18H31F3N2O2/c1-17(2,3)25-16(24)23-12-4-5-15(23)10-11-22-14-8-6-13(7-9-14)18(19,20)21/h13-15,22H,4-12H2,1-3H3. The first-order valence-corrected chi connectivity index (χ1v) is 9.36. The number of carbonyl (C=O) groups excluding carboxylic acids is 1. The highest BCUT2D eigenvalue weighted by molar-refractivity contribution is 5.68. The summed E-state index contributed by atoms with van der Waals surface area (Å²) < 4.78 is 43.5. The van der Waals surface area contributed by atoms with Crippen LogP contribution in [0.5, 0.6) is 0 Å². The number of likely N-dealkylation sites (tertiary alicyclic amines) is 1. The Labute approximate surface area is 148 Å².